The van der Waals surface area contributed by atoms with Gasteiger partial charge >= 0.3 is 5.97 Å². The number of nitrogens with zero attached hydrogens (tertiary/aromatic N) is 1. The standard InChI is InChI=1S/C18H19F2NO4S/c1-18(2,3)25-17(22)12-6-5-7-15(8-12)21(26(4,23)24)16-10-13(19)9-14(20)11-16/h5-11H,1-4H3. The number of carbonyl (C=O) groups excluding carboxylic acids is 1. The molecule has 0 atom stereocenters. The molecule has 0 bridgehead atoms. The van der Waals surface area contributed by atoms with Crippen molar-refractivity contribution >= 4 is 27.4 Å². The summed E-state index contributed by atoms with van der Waals surface area (Å²) in [6, 6.07) is 8.05. The third-order valence-corrected chi connectivity index (χ3v) is 4.21. The minimum Gasteiger partial charge on any atom is -0.456 e. The quantitative estimate of drug-likeness (QED) is 0.748. The fourth-order valence-electron chi connectivity index (χ4n) is 2.28. The number of hydrogen-bond acceptors (Lipinski definition) is 4. The lowest BCUT2D eigenvalue weighted by Gasteiger charge is -2.24. The van der Waals surface area contributed by atoms with E-state index >= 15 is 0 Å². The highest BCUT2D eigenvalue weighted by Gasteiger charge is 2.23. The minimum atomic E-state index is -3.93. The summed E-state index contributed by atoms with van der Waals surface area (Å²) in [4.78, 5) is 12.2. The van der Waals surface area contributed by atoms with Gasteiger partial charge in [0.2, 0.25) is 10.0 Å². The van der Waals surface area contributed by atoms with Gasteiger partial charge in [0.1, 0.15) is 17.2 Å². The normalized spacial score (nSPS) is 11.9. The van der Waals surface area contributed by atoms with Gasteiger partial charge in [0.25, 0.3) is 0 Å². The first-order chi connectivity index (χ1) is 11.9. The molecule has 0 radical (unpaired) electrons. The lowest BCUT2D eigenvalue weighted by molar-refractivity contribution is 0.00695. The molecule has 0 N–H and O–H groups in total. The molecule has 0 aliphatic heterocycles. The van der Waals surface area contributed by atoms with Crippen molar-refractivity contribution in [1.82, 2.24) is 0 Å². The Bertz CT molecular complexity index is 916. The van der Waals surface area contributed by atoms with Gasteiger partial charge in [0.15, 0.2) is 0 Å². The van der Waals surface area contributed by atoms with Crippen molar-refractivity contribution in [3.05, 3.63) is 59.7 Å². The summed E-state index contributed by atoms with van der Waals surface area (Å²) >= 11 is 0. The number of rotatable bonds is 4. The van der Waals surface area contributed by atoms with E-state index in [4.69, 9.17) is 4.74 Å². The van der Waals surface area contributed by atoms with Crippen molar-refractivity contribution in [2.45, 2.75) is 26.4 Å². The van der Waals surface area contributed by atoms with Crippen LogP contribution >= 0.6 is 0 Å². The summed E-state index contributed by atoms with van der Waals surface area (Å²) < 4.78 is 57.6. The van der Waals surface area contributed by atoms with E-state index in [1.54, 1.807) is 20.8 Å². The Morgan fingerprint density at radius 3 is 2.08 bits per heavy atom. The van der Waals surface area contributed by atoms with Crippen LogP contribution in [0.4, 0.5) is 20.2 Å². The maximum atomic E-state index is 13.5. The number of sulfonamides is 1. The number of carbonyl (C=O) groups is 1. The average Bonchev–Trinajstić information content (AvgIpc) is 2.43. The molecule has 140 valence electrons. The molecule has 2 rings (SSSR count). The molecule has 5 nitrogen and oxygen atoms in total. The van der Waals surface area contributed by atoms with Crippen LogP contribution in [0.15, 0.2) is 42.5 Å². The summed E-state index contributed by atoms with van der Waals surface area (Å²) in [5.41, 5.74) is -0.773. The predicted molar refractivity (Wildman–Crippen MR) is 95.0 cm³/mol. The Kier molecular flexibility index (Phi) is 5.36. The molecule has 0 aliphatic rings. The number of anilines is 2. The molecule has 0 aliphatic carbocycles. The van der Waals surface area contributed by atoms with E-state index in [0.29, 0.717) is 6.07 Å². The first-order valence-electron chi connectivity index (χ1n) is 7.67. The van der Waals surface area contributed by atoms with Crippen molar-refractivity contribution < 1.29 is 26.7 Å². The average molecular weight is 383 g/mol. The summed E-state index contributed by atoms with van der Waals surface area (Å²) in [6.45, 7) is 5.10. The lowest BCUT2D eigenvalue weighted by Crippen LogP contribution is -2.26. The van der Waals surface area contributed by atoms with Gasteiger partial charge in [-0.1, -0.05) is 6.07 Å². The Labute approximate surface area is 151 Å². The zero-order valence-electron chi connectivity index (χ0n) is 14.8. The van der Waals surface area contributed by atoms with E-state index in [-0.39, 0.29) is 16.9 Å². The first-order valence-corrected chi connectivity index (χ1v) is 9.51. The van der Waals surface area contributed by atoms with Crippen LogP contribution in [0.25, 0.3) is 0 Å². The smallest absolute Gasteiger partial charge is 0.338 e. The van der Waals surface area contributed by atoms with E-state index < -0.39 is 33.2 Å². The highest BCUT2D eigenvalue weighted by atomic mass is 32.2. The largest absolute Gasteiger partial charge is 0.456 e. The third kappa shape index (κ3) is 5.01. The zero-order valence-corrected chi connectivity index (χ0v) is 15.6. The van der Waals surface area contributed by atoms with E-state index in [1.165, 1.54) is 24.3 Å². The van der Waals surface area contributed by atoms with E-state index in [0.717, 1.165) is 22.7 Å². The molecule has 2 aromatic carbocycles. The molecule has 2 aromatic rings. The van der Waals surface area contributed by atoms with Crippen LogP contribution in [0.2, 0.25) is 0 Å². The molecule has 0 aromatic heterocycles. The van der Waals surface area contributed by atoms with Crippen molar-refractivity contribution in [3.8, 4) is 0 Å². The molecule has 8 heteroatoms. The van der Waals surface area contributed by atoms with Crippen LogP contribution in [0.1, 0.15) is 31.1 Å². The van der Waals surface area contributed by atoms with Gasteiger partial charge < -0.3 is 4.74 Å². The van der Waals surface area contributed by atoms with Gasteiger partial charge in [-0.15, -0.1) is 0 Å². The maximum Gasteiger partial charge on any atom is 0.338 e. The van der Waals surface area contributed by atoms with E-state index in [2.05, 4.69) is 0 Å². The van der Waals surface area contributed by atoms with Crippen LogP contribution in [0, 0.1) is 11.6 Å². The second-order valence-corrected chi connectivity index (χ2v) is 8.54. The van der Waals surface area contributed by atoms with Gasteiger partial charge in [-0.25, -0.2) is 26.3 Å². The molecule has 0 amide bonds. The van der Waals surface area contributed by atoms with E-state index in [1.807, 2.05) is 0 Å². The van der Waals surface area contributed by atoms with Crippen molar-refractivity contribution in [1.29, 1.82) is 0 Å². The summed E-state index contributed by atoms with van der Waals surface area (Å²) in [5.74, 6) is -2.48. The molecule has 0 fully saturated rings. The van der Waals surface area contributed by atoms with Crippen LogP contribution in [0.5, 0.6) is 0 Å². The van der Waals surface area contributed by atoms with Crippen molar-refractivity contribution in [3.63, 3.8) is 0 Å². The molecule has 0 saturated heterocycles. The van der Waals surface area contributed by atoms with E-state index in [9.17, 15) is 22.0 Å². The highest BCUT2D eigenvalue weighted by Crippen LogP contribution is 2.30. The summed E-state index contributed by atoms with van der Waals surface area (Å²) in [6.07, 6.45) is 0.899. The van der Waals surface area contributed by atoms with Gasteiger partial charge in [-0.2, -0.15) is 0 Å². The lowest BCUT2D eigenvalue weighted by atomic mass is 10.1. The molecule has 26 heavy (non-hydrogen) atoms. The molecule has 0 heterocycles. The fraction of sp³-hybridized carbons (Fsp3) is 0.278. The van der Waals surface area contributed by atoms with Crippen LogP contribution in [-0.2, 0) is 14.8 Å². The summed E-state index contributed by atoms with van der Waals surface area (Å²) in [5, 5.41) is 0. The van der Waals surface area contributed by atoms with Crippen LogP contribution < -0.4 is 4.31 Å². The van der Waals surface area contributed by atoms with Crippen molar-refractivity contribution in [2.24, 2.45) is 0 Å². The van der Waals surface area contributed by atoms with Crippen LogP contribution in [-0.4, -0.2) is 26.2 Å². The second kappa shape index (κ2) is 7.03. The Morgan fingerprint density at radius 2 is 1.58 bits per heavy atom. The maximum absolute atomic E-state index is 13.5. The number of hydrogen-bond donors (Lipinski definition) is 0. The fourth-order valence-corrected chi connectivity index (χ4v) is 3.27. The van der Waals surface area contributed by atoms with Gasteiger partial charge in [-0.05, 0) is 51.1 Å². The number of esters is 1. The van der Waals surface area contributed by atoms with Crippen LogP contribution in [0.3, 0.4) is 0 Å². The Morgan fingerprint density at radius 1 is 1.00 bits per heavy atom. The highest BCUT2D eigenvalue weighted by molar-refractivity contribution is 7.92. The monoisotopic (exact) mass is 383 g/mol. The topological polar surface area (TPSA) is 63.7 Å². The number of ether oxygens (including phenoxy) is 1. The van der Waals surface area contributed by atoms with Crippen molar-refractivity contribution in [2.75, 3.05) is 10.6 Å². The summed E-state index contributed by atoms with van der Waals surface area (Å²) in [7, 11) is -3.93. The second-order valence-electron chi connectivity index (χ2n) is 6.71. The molecule has 0 saturated carbocycles. The molecule has 0 unspecified atom stereocenters. The molecular formula is C18H19F2NO4S. The SMILES string of the molecule is CC(C)(C)OC(=O)c1cccc(N(c2cc(F)cc(F)c2)S(C)(=O)=O)c1. The molecule has 0 spiro atoms. The van der Waals surface area contributed by atoms with Gasteiger partial charge in [0.05, 0.1) is 23.2 Å². The molecular weight excluding hydrogens is 364 g/mol. The zero-order chi connectivity index (χ0) is 19.7. The van der Waals surface area contributed by atoms with Gasteiger partial charge in [0, 0.05) is 6.07 Å². The Hall–Kier alpha value is -2.48. The van der Waals surface area contributed by atoms with Gasteiger partial charge in [-0.3, -0.25) is 0 Å². The third-order valence-electron chi connectivity index (χ3n) is 3.13. The number of halogens is 2. The Balaban J connectivity index is 2.54. The predicted octanol–water partition coefficient (Wildman–Crippen LogP) is 4.02. The first kappa shape index (κ1) is 19.8. The minimum absolute atomic E-state index is 0.0564. The number of benzene rings is 2.